The highest BCUT2D eigenvalue weighted by Gasteiger charge is 2.32. The van der Waals surface area contributed by atoms with E-state index in [4.69, 9.17) is 0 Å². The van der Waals surface area contributed by atoms with Gasteiger partial charge in [0.25, 0.3) is 0 Å². The van der Waals surface area contributed by atoms with Gasteiger partial charge in [-0.3, -0.25) is 0 Å². The van der Waals surface area contributed by atoms with E-state index in [-0.39, 0.29) is 12.1 Å². The summed E-state index contributed by atoms with van der Waals surface area (Å²) in [4.78, 5) is 2.60. The van der Waals surface area contributed by atoms with Crippen LogP contribution in [0.3, 0.4) is 0 Å². The van der Waals surface area contributed by atoms with E-state index in [1.54, 1.807) is 12.1 Å². The number of hydrogen-bond donors (Lipinski definition) is 2. The van der Waals surface area contributed by atoms with Crippen molar-refractivity contribution in [2.45, 2.75) is 49.7 Å². The molecule has 1 heterocycles. The summed E-state index contributed by atoms with van der Waals surface area (Å²) < 4.78 is 27.9. The lowest BCUT2D eigenvalue weighted by Gasteiger charge is -2.40. The molecule has 0 bridgehead atoms. The maximum Gasteiger partial charge on any atom is 0.242 e. The quantitative estimate of drug-likeness (QED) is 0.880. The highest BCUT2D eigenvalue weighted by Crippen LogP contribution is 2.30. The van der Waals surface area contributed by atoms with Gasteiger partial charge in [-0.15, -0.1) is 0 Å². The van der Waals surface area contributed by atoms with E-state index in [9.17, 15) is 8.42 Å². The van der Waals surface area contributed by atoms with E-state index in [1.807, 2.05) is 12.1 Å². The summed E-state index contributed by atoms with van der Waals surface area (Å²) in [7, 11) is -3.43. The molecule has 1 aromatic carbocycles. The molecule has 3 rings (SSSR count). The van der Waals surface area contributed by atoms with Crippen LogP contribution in [0.5, 0.6) is 0 Å². The van der Waals surface area contributed by atoms with Crippen molar-refractivity contribution in [3.05, 3.63) is 24.3 Å². The lowest BCUT2D eigenvalue weighted by Crippen LogP contribution is -2.54. The summed E-state index contributed by atoms with van der Waals surface area (Å²) in [6.45, 7) is 5.93. The molecule has 1 saturated heterocycles. The van der Waals surface area contributed by atoms with Crippen molar-refractivity contribution in [3.8, 4) is 0 Å². The van der Waals surface area contributed by atoms with Gasteiger partial charge in [0.2, 0.25) is 10.0 Å². The van der Waals surface area contributed by atoms with Gasteiger partial charge < -0.3 is 10.2 Å². The van der Waals surface area contributed by atoms with Crippen molar-refractivity contribution in [2.24, 2.45) is 0 Å². The van der Waals surface area contributed by atoms with Crippen LogP contribution < -0.4 is 14.9 Å². The molecule has 2 aliphatic rings. The van der Waals surface area contributed by atoms with Crippen LogP contribution in [0, 0.1) is 0 Å². The van der Waals surface area contributed by atoms with E-state index >= 15 is 0 Å². The zero-order valence-corrected chi connectivity index (χ0v) is 13.4. The molecule has 2 unspecified atom stereocenters. The van der Waals surface area contributed by atoms with Gasteiger partial charge in [-0.25, -0.2) is 13.1 Å². The summed E-state index contributed by atoms with van der Waals surface area (Å²) in [6, 6.07) is 8.08. The average Bonchev–Trinajstić information content (AvgIpc) is 3.25. The van der Waals surface area contributed by atoms with Gasteiger partial charge in [0.1, 0.15) is 4.90 Å². The Kier molecular flexibility index (Phi) is 3.94. The van der Waals surface area contributed by atoms with Gasteiger partial charge in [-0.2, -0.15) is 0 Å². The van der Waals surface area contributed by atoms with Gasteiger partial charge in [-0.1, -0.05) is 12.1 Å². The minimum atomic E-state index is -3.43. The Balaban J connectivity index is 1.95. The predicted octanol–water partition coefficient (Wildman–Crippen LogP) is 1.31. The lowest BCUT2D eigenvalue weighted by molar-refractivity contribution is 0.423. The first-order valence-electron chi connectivity index (χ1n) is 7.59. The van der Waals surface area contributed by atoms with Crippen molar-refractivity contribution >= 4 is 15.7 Å². The Bertz CT molecular complexity index is 613. The minimum absolute atomic E-state index is 0.127. The van der Waals surface area contributed by atoms with E-state index < -0.39 is 10.0 Å². The van der Waals surface area contributed by atoms with Crippen LogP contribution in [0.4, 0.5) is 5.69 Å². The lowest BCUT2D eigenvalue weighted by atomic mass is 10.1. The molecule has 0 aromatic heterocycles. The Labute approximate surface area is 126 Å². The zero-order chi connectivity index (χ0) is 15.0. The number of benzene rings is 1. The first-order chi connectivity index (χ1) is 9.97. The topological polar surface area (TPSA) is 61.4 Å². The predicted molar refractivity (Wildman–Crippen MR) is 84.1 cm³/mol. The van der Waals surface area contributed by atoms with E-state index in [0.29, 0.717) is 10.9 Å². The fourth-order valence-corrected chi connectivity index (χ4v) is 4.28. The molecule has 1 aliphatic carbocycles. The SMILES string of the molecule is CC1CN(c2ccccc2S(=O)(=O)NC2CC2)C(C)CN1. The maximum absolute atomic E-state index is 12.6. The molecule has 1 aromatic rings. The molecule has 2 fully saturated rings. The monoisotopic (exact) mass is 309 g/mol. The molecule has 0 spiro atoms. The van der Waals surface area contributed by atoms with Gasteiger partial charge in [-0.05, 0) is 38.8 Å². The molecule has 0 amide bonds. The number of piperazine rings is 1. The molecule has 1 saturated carbocycles. The zero-order valence-electron chi connectivity index (χ0n) is 12.5. The number of rotatable bonds is 4. The van der Waals surface area contributed by atoms with Crippen LogP contribution in [0.15, 0.2) is 29.2 Å². The third-order valence-corrected chi connectivity index (χ3v) is 5.70. The molecule has 21 heavy (non-hydrogen) atoms. The van der Waals surface area contributed by atoms with Crippen LogP contribution in [-0.4, -0.2) is 39.6 Å². The molecule has 6 heteroatoms. The molecular weight excluding hydrogens is 286 g/mol. The van der Waals surface area contributed by atoms with Crippen molar-refractivity contribution in [1.29, 1.82) is 0 Å². The Morgan fingerprint density at radius 2 is 1.95 bits per heavy atom. The van der Waals surface area contributed by atoms with E-state index in [0.717, 1.165) is 31.6 Å². The van der Waals surface area contributed by atoms with Crippen LogP contribution in [-0.2, 0) is 10.0 Å². The smallest absolute Gasteiger partial charge is 0.242 e. The van der Waals surface area contributed by atoms with Crippen molar-refractivity contribution in [3.63, 3.8) is 0 Å². The molecule has 2 N–H and O–H groups in total. The largest absolute Gasteiger partial charge is 0.365 e. The summed E-state index contributed by atoms with van der Waals surface area (Å²) in [6.07, 6.45) is 1.89. The second-order valence-electron chi connectivity index (χ2n) is 6.17. The van der Waals surface area contributed by atoms with Gasteiger partial charge in [0.15, 0.2) is 0 Å². The number of para-hydroxylation sites is 1. The highest BCUT2D eigenvalue weighted by molar-refractivity contribution is 7.89. The van der Waals surface area contributed by atoms with Crippen molar-refractivity contribution in [1.82, 2.24) is 10.0 Å². The molecule has 0 radical (unpaired) electrons. The molecule has 5 nitrogen and oxygen atoms in total. The number of nitrogens with one attached hydrogen (secondary N) is 2. The second kappa shape index (κ2) is 5.59. The number of sulfonamides is 1. The standard InChI is InChI=1S/C15H23N3O2S/c1-11-10-18(12(2)9-16-11)14-5-3-4-6-15(14)21(19,20)17-13-7-8-13/h3-6,11-13,16-17H,7-10H2,1-2H3. The second-order valence-corrected chi connectivity index (χ2v) is 7.86. The summed E-state index contributed by atoms with van der Waals surface area (Å²) in [5, 5.41) is 3.43. The molecule has 1 aliphatic heterocycles. The van der Waals surface area contributed by atoms with Crippen LogP contribution >= 0.6 is 0 Å². The number of nitrogens with zero attached hydrogens (tertiary/aromatic N) is 1. The first-order valence-corrected chi connectivity index (χ1v) is 9.07. The average molecular weight is 309 g/mol. The minimum Gasteiger partial charge on any atom is -0.365 e. The Morgan fingerprint density at radius 3 is 2.67 bits per heavy atom. The van der Waals surface area contributed by atoms with E-state index in [2.05, 4.69) is 28.8 Å². The third kappa shape index (κ3) is 3.22. The van der Waals surface area contributed by atoms with E-state index in [1.165, 1.54) is 0 Å². The Morgan fingerprint density at radius 1 is 1.24 bits per heavy atom. The summed E-state index contributed by atoms with van der Waals surface area (Å²) >= 11 is 0. The maximum atomic E-state index is 12.6. The number of anilines is 1. The summed E-state index contributed by atoms with van der Waals surface area (Å²) in [5.41, 5.74) is 0.812. The Hall–Kier alpha value is -1.11. The normalized spacial score (nSPS) is 26.9. The van der Waals surface area contributed by atoms with Crippen LogP contribution in [0.2, 0.25) is 0 Å². The third-order valence-electron chi connectivity index (χ3n) is 4.13. The van der Waals surface area contributed by atoms with Crippen LogP contribution in [0.1, 0.15) is 26.7 Å². The summed E-state index contributed by atoms with van der Waals surface area (Å²) in [5.74, 6) is 0. The van der Waals surface area contributed by atoms with Gasteiger partial charge >= 0.3 is 0 Å². The fourth-order valence-electron chi connectivity index (χ4n) is 2.76. The number of hydrogen-bond acceptors (Lipinski definition) is 4. The molecule has 2 atom stereocenters. The first kappa shape index (κ1) is 14.8. The van der Waals surface area contributed by atoms with Gasteiger partial charge in [0, 0.05) is 31.2 Å². The van der Waals surface area contributed by atoms with Crippen molar-refractivity contribution < 1.29 is 8.42 Å². The molecule has 116 valence electrons. The fraction of sp³-hybridized carbons (Fsp3) is 0.600. The van der Waals surface area contributed by atoms with Crippen LogP contribution in [0.25, 0.3) is 0 Å². The highest BCUT2D eigenvalue weighted by atomic mass is 32.2. The van der Waals surface area contributed by atoms with Gasteiger partial charge in [0.05, 0.1) is 5.69 Å². The van der Waals surface area contributed by atoms with Crippen molar-refractivity contribution in [2.75, 3.05) is 18.0 Å². The molecular formula is C15H23N3O2S.